The van der Waals surface area contributed by atoms with Crippen molar-refractivity contribution in [2.45, 2.75) is 32.9 Å². The predicted octanol–water partition coefficient (Wildman–Crippen LogP) is 2.27. The van der Waals surface area contributed by atoms with Crippen molar-refractivity contribution in [1.29, 1.82) is 0 Å². The maximum atomic E-state index is 3.51. The van der Waals surface area contributed by atoms with Gasteiger partial charge < -0.3 is 5.32 Å². The first kappa shape index (κ1) is 11.6. The molecule has 1 N–H and O–H groups in total. The number of nitrogens with one attached hydrogen (secondary N) is 1. The second kappa shape index (κ2) is 4.56. The molecule has 0 amide bonds. The Morgan fingerprint density at radius 3 is 2.38 bits per heavy atom. The summed E-state index contributed by atoms with van der Waals surface area (Å²) in [6.45, 7) is 8.79. The van der Waals surface area contributed by atoms with Crippen LogP contribution in [0.15, 0.2) is 18.2 Å². The standard InChI is InChI=1S/C14H22N2/c1-10-5-11(2)7-13(6-10)14-9-15-8-12(3)16(14)4/h5-7,12,14-15H,8-9H2,1-4H3. The second-order valence-electron chi connectivity index (χ2n) is 5.11. The monoisotopic (exact) mass is 218 g/mol. The molecule has 0 aromatic heterocycles. The molecule has 0 spiro atoms. The van der Waals surface area contributed by atoms with E-state index in [-0.39, 0.29) is 0 Å². The van der Waals surface area contributed by atoms with Crippen LogP contribution in [0.4, 0.5) is 0 Å². The van der Waals surface area contributed by atoms with Gasteiger partial charge in [-0.3, -0.25) is 4.90 Å². The SMILES string of the molecule is Cc1cc(C)cc(C2CNCC(C)N2C)c1. The number of rotatable bonds is 1. The van der Waals surface area contributed by atoms with Crippen LogP contribution in [-0.4, -0.2) is 31.1 Å². The number of piperazine rings is 1. The molecule has 2 unspecified atom stereocenters. The maximum absolute atomic E-state index is 3.51. The molecule has 16 heavy (non-hydrogen) atoms. The van der Waals surface area contributed by atoms with Crippen molar-refractivity contribution in [3.05, 3.63) is 34.9 Å². The van der Waals surface area contributed by atoms with Gasteiger partial charge in [0.05, 0.1) is 0 Å². The summed E-state index contributed by atoms with van der Waals surface area (Å²) in [4.78, 5) is 2.48. The molecule has 0 aliphatic carbocycles. The number of nitrogens with zero attached hydrogens (tertiary/aromatic N) is 1. The second-order valence-corrected chi connectivity index (χ2v) is 5.11. The van der Waals surface area contributed by atoms with Crippen molar-refractivity contribution in [3.63, 3.8) is 0 Å². The summed E-state index contributed by atoms with van der Waals surface area (Å²) in [6.07, 6.45) is 0. The van der Waals surface area contributed by atoms with Gasteiger partial charge in [-0.15, -0.1) is 0 Å². The number of benzene rings is 1. The Morgan fingerprint density at radius 1 is 1.12 bits per heavy atom. The number of hydrogen-bond donors (Lipinski definition) is 1. The van der Waals surface area contributed by atoms with E-state index in [9.17, 15) is 0 Å². The first-order chi connectivity index (χ1) is 7.58. The molecule has 1 heterocycles. The van der Waals surface area contributed by atoms with Crippen LogP contribution in [0.25, 0.3) is 0 Å². The molecule has 1 aromatic rings. The molecule has 1 aromatic carbocycles. The van der Waals surface area contributed by atoms with Gasteiger partial charge in [0.2, 0.25) is 0 Å². The molecular weight excluding hydrogens is 196 g/mol. The van der Waals surface area contributed by atoms with Gasteiger partial charge in [0.1, 0.15) is 0 Å². The molecule has 1 fully saturated rings. The first-order valence-corrected chi connectivity index (χ1v) is 6.09. The summed E-state index contributed by atoms with van der Waals surface area (Å²) >= 11 is 0. The van der Waals surface area contributed by atoms with Crippen LogP contribution in [-0.2, 0) is 0 Å². The lowest BCUT2D eigenvalue weighted by Gasteiger charge is -2.38. The fourth-order valence-electron chi connectivity index (χ4n) is 2.58. The number of hydrogen-bond acceptors (Lipinski definition) is 2. The topological polar surface area (TPSA) is 15.3 Å². The van der Waals surface area contributed by atoms with Crippen LogP contribution in [0.5, 0.6) is 0 Å². The molecule has 2 rings (SSSR count). The quantitative estimate of drug-likeness (QED) is 0.778. The lowest BCUT2D eigenvalue weighted by molar-refractivity contribution is 0.141. The van der Waals surface area contributed by atoms with Gasteiger partial charge in [0, 0.05) is 25.2 Å². The van der Waals surface area contributed by atoms with Gasteiger partial charge in [-0.05, 0) is 33.4 Å². The predicted molar refractivity (Wildman–Crippen MR) is 68.8 cm³/mol. The fraction of sp³-hybridized carbons (Fsp3) is 0.571. The minimum Gasteiger partial charge on any atom is -0.313 e. The molecule has 0 radical (unpaired) electrons. The summed E-state index contributed by atoms with van der Waals surface area (Å²) in [6, 6.07) is 7.99. The van der Waals surface area contributed by atoms with Crippen molar-refractivity contribution in [2.75, 3.05) is 20.1 Å². The summed E-state index contributed by atoms with van der Waals surface area (Å²) < 4.78 is 0. The van der Waals surface area contributed by atoms with Crippen LogP contribution in [0.1, 0.15) is 29.7 Å². The molecule has 88 valence electrons. The van der Waals surface area contributed by atoms with Crippen LogP contribution < -0.4 is 5.32 Å². The summed E-state index contributed by atoms with van der Waals surface area (Å²) in [5, 5.41) is 3.51. The highest BCUT2D eigenvalue weighted by atomic mass is 15.2. The Kier molecular flexibility index (Phi) is 3.31. The van der Waals surface area contributed by atoms with Crippen LogP contribution in [0.3, 0.4) is 0 Å². The Bertz CT molecular complexity index is 353. The summed E-state index contributed by atoms with van der Waals surface area (Å²) in [5.74, 6) is 0. The highest BCUT2D eigenvalue weighted by molar-refractivity contribution is 5.31. The van der Waals surface area contributed by atoms with Crippen molar-refractivity contribution in [3.8, 4) is 0 Å². The molecule has 0 bridgehead atoms. The van der Waals surface area contributed by atoms with E-state index in [2.05, 4.69) is 56.2 Å². The molecule has 0 saturated carbocycles. The van der Waals surface area contributed by atoms with E-state index in [0.717, 1.165) is 13.1 Å². The fourth-order valence-corrected chi connectivity index (χ4v) is 2.58. The molecule has 1 saturated heterocycles. The molecule has 2 atom stereocenters. The highest BCUT2D eigenvalue weighted by Crippen LogP contribution is 2.25. The average Bonchev–Trinajstić information content (AvgIpc) is 2.20. The zero-order valence-electron chi connectivity index (χ0n) is 10.7. The largest absolute Gasteiger partial charge is 0.313 e. The van der Waals surface area contributed by atoms with E-state index in [4.69, 9.17) is 0 Å². The highest BCUT2D eigenvalue weighted by Gasteiger charge is 2.25. The van der Waals surface area contributed by atoms with Gasteiger partial charge in [-0.1, -0.05) is 29.3 Å². The Balaban J connectivity index is 2.28. The van der Waals surface area contributed by atoms with Crippen molar-refractivity contribution >= 4 is 0 Å². The van der Waals surface area contributed by atoms with Gasteiger partial charge in [0.15, 0.2) is 0 Å². The Labute approximate surface area is 98.7 Å². The lowest BCUT2D eigenvalue weighted by atomic mass is 9.98. The van der Waals surface area contributed by atoms with E-state index in [0.29, 0.717) is 12.1 Å². The number of likely N-dealkylation sites (N-methyl/N-ethyl adjacent to an activating group) is 1. The Hall–Kier alpha value is -0.860. The van der Waals surface area contributed by atoms with Crippen molar-refractivity contribution in [2.24, 2.45) is 0 Å². The normalized spacial score (nSPS) is 27.0. The van der Waals surface area contributed by atoms with Crippen LogP contribution >= 0.6 is 0 Å². The van der Waals surface area contributed by atoms with Crippen LogP contribution in [0.2, 0.25) is 0 Å². The Morgan fingerprint density at radius 2 is 1.75 bits per heavy atom. The minimum atomic E-state index is 0.516. The third kappa shape index (κ3) is 2.28. The van der Waals surface area contributed by atoms with Crippen LogP contribution in [0, 0.1) is 13.8 Å². The van der Waals surface area contributed by atoms with E-state index in [1.54, 1.807) is 0 Å². The molecule has 1 aliphatic rings. The summed E-state index contributed by atoms with van der Waals surface area (Å²) in [5.41, 5.74) is 4.17. The van der Waals surface area contributed by atoms with E-state index < -0.39 is 0 Å². The van der Waals surface area contributed by atoms with E-state index in [1.165, 1.54) is 16.7 Å². The summed E-state index contributed by atoms with van der Waals surface area (Å²) in [7, 11) is 2.23. The first-order valence-electron chi connectivity index (χ1n) is 6.09. The van der Waals surface area contributed by atoms with Gasteiger partial charge in [0.25, 0.3) is 0 Å². The zero-order valence-corrected chi connectivity index (χ0v) is 10.7. The van der Waals surface area contributed by atoms with E-state index >= 15 is 0 Å². The average molecular weight is 218 g/mol. The number of aryl methyl sites for hydroxylation is 2. The lowest BCUT2D eigenvalue weighted by Crippen LogP contribution is -2.49. The molecular formula is C14H22N2. The minimum absolute atomic E-state index is 0.516. The van der Waals surface area contributed by atoms with Gasteiger partial charge >= 0.3 is 0 Å². The zero-order chi connectivity index (χ0) is 11.7. The maximum Gasteiger partial charge on any atom is 0.0473 e. The molecule has 1 aliphatic heterocycles. The van der Waals surface area contributed by atoms with Crippen molar-refractivity contribution < 1.29 is 0 Å². The third-order valence-electron chi connectivity index (χ3n) is 3.59. The third-order valence-corrected chi connectivity index (χ3v) is 3.59. The van der Waals surface area contributed by atoms with Gasteiger partial charge in [-0.2, -0.15) is 0 Å². The smallest absolute Gasteiger partial charge is 0.0473 e. The van der Waals surface area contributed by atoms with E-state index in [1.807, 2.05) is 0 Å². The molecule has 2 nitrogen and oxygen atoms in total. The van der Waals surface area contributed by atoms with Gasteiger partial charge in [-0.25, -0.2) is 0 Å². The van der Waals surface area contributed by atoms with Crippen molar-refractivity contribution in [1.82, 2.24) is 10.2 Å². The molecule has 2 heteroatoms.